The van der Waals surface area contributed by atoms with E-state index in [0.29, 0.717) is 17.6 Å². The Morgan fingerprint density at radius 1 is 1.33 bits per heavy atom. The number of likely N-dealkylation sites (N-methyl/N-ethyl adjacent to an activating group) is 1. The molecule has 3 rings (SSSR count). The van der Waals surface area contributed by atoms with Crippen LogP contribution in [0.2, 0.25) is 0 Å². The Bertz CT molecular complexity index is 976. The molecule has 0 unspecified atom stereocenters. The summed E-state index contributed by atoms with van der Waals surface area (Å²) < 4.78 is 33.9. The zero-order valence-corrected chi connectivity index (χ0v) is 19.9. The van der Waals surface area contributed by atoms with Crippen molar-refractivity contribution in [2.24, 2.45) is 0 Å². The van der Waals surface area contributed by atoms with Crippen molar-refractivity contribution in [3.8, 4) is 0 Å². The summed E-state index contributed by atoms with van der Waals surface area (Å²) in [6.07, 6.45) is 4.33. The highest BCUT2D eigenvalue weighted by atomic mass is 79.9. The van der Waals surface area contributed by atoms with E-state index in [4.69, 9.17) is 4.42 Å². The van der Waals surface area contributed by atoms with E-state index in [1.165, 1.54) is 6.07 Å². The van der Waals surface area contributed by atoms with Gasteiger partial charge in [0.25, 0.3) is 5.91 Å². The van der Waals surface area contributed by atoms with Crippen LogP contribution in [-0.2, 0) is 10.0 Å². The van der Waals surface area contributed by atoms with E-state index in [0.717, 1.165) is 25.0 Å². The molecule has 0 radical (unpaired) electrons. The maximum absolute atomic E-state index is 13.2. The first kappa shape index (κ1) is 23.0. The highest BCUT2D eigenvalue weighted by Crippen LogP contribution is 2.28. The van der Waals surface area contributed by atoms with Crippen LogP contribution in [0, 0.1) is 0 Å². The molecule has 0 aliphatic carbocycles. The monoisotopic (exact) mass is 497 g/mol. The van der Waals surface area contributed by atoms with Gasteiger partial charge in [-0.2, -0.15) is 4.31 Å². The fraction of sp³-hybridized carbons (Fsp3) is 0.476. The van der Waals surface area contributed by atoms with Crippen LogP contribution in [0.25, 0.3) is 0 Å². The third-order valence-corrected chi connectivity index (χ3v) is 8.18. The maximum Gasteiger partial charge on any atom is 0.252 e. The quantitative estimate of drug-likeness (QED) is 0.631. The number of furan rings is 1. The molecular weight excluding hydrogens is 470 g/mol. The minimum Gasteiger partial charge on any atom is -0.468 e. The summed E-state index contributed by atoms with van der Waals surface area (Å²) in [7, 11) is 0.155. The SMILES string of the molecule is C[C@@H]1CCCCN1S(=O)(=O)c1ccc(Br)c(C(=O)NC[C@H](c2ccco2)N(C)C)c1. The molecule has 1 amide bonds. The predicted molar refractivity (Wildman–Crippen MR) is 119 cm³/mol. The van der Waals surface area contributed by atoms with E-state index in [2.05, 4.69) is 21.2 Å². The predicted octanol–water partition coefficient (Wildman–Crippen LogP) is 3.64. The molecule has 1 aromatic carbocycles. The Labute approximate surface area is 186 Å². The lowest BCUT2D eigenvalue weighted by atomic mass is 10.1. The molecule has 0 bridgehead atoms. The molecule has 164 valence electrons. The van der Waals surface area contributed by atoms with Gasteiger partial charge < -0.3 is 9.73 Å². The Morgan fingerprint density at radius 2 is 2.10 bits per heavy atom. The van der Waals surface area contributed by atoms with Crippen LogP contribution in [0.1, 0.15) is 48.3 Å². The Hall–Kier alpha value is -1.68. The van der Waals surface area contributed by atoms with Crippen LogP contribution in [0.15, 0.2) is 50.4 Å². The van der Waals surface area contributed by atoms with Crippen molar-refractivity contribution >= 4 is 31.9 Å². The summed E-state index contributed by atoms with van der Waals surface area (Å²) in [5.41, 5.74) is 0.290. The summed E-state index contributed by atoms with van der Waals surface area (Å²) in [4.78, 5) is 15.0. The number of carbonyl (C=O) groups is 1. The summed E-state index contributed by atoms with van der Waals surface area (Å²) in [6.45, 7) is 2.76. The third kappa shape index (κ3) is 4.96. The highest BCUT2D eigenvalue weighted by molar-refractivity contribution is 9.10. The van der Waals surface area contributed by atoms with Gasteiger partial charge in [0.15, 0.2) is 0 Å². The maximum atomic E-state index is 13.2. The molecule has 1 aliphatic heterocycles. The fourth-order valence-electron chi connectivity index (χ4n) is 3.71. The number of hydrogen-bond donors (Lipinski definition) is 1. The third-order valence-electron chi connectivity index (χ3n) is 5.48. The van der Waals surface area contributed by atoms with Gasteiger partial charge in [0.05, 0.1) is 22.8 Å². The molecule has 2 heterocycles. The Balaban J connectivity index is 1.80. The first-order chi connectivity index (χ1) is 14.2. The number of halogens is 1. The number of sulfonamides is 1. The summed E-state index contributed by atoms with van der Waals surface area (Å²) in [5, 5.41) is 2.90. The number of hydrogen-bond acceptors (Lipinski definition) is 5. The molecule has 2 atom stereocenters. The standard InChI is InChI=1S/C21H28BrN3O4S/c1-15-7-4-5-11-25(15)30(27,28)16-9-10-18(22)17(13-16)21(26)23-14-19(24(2)3)20-8-6-12-29-20/h6,8-10,12-13,15,19H,4-5,7,11,14H2,1-3H3,(H,23,26)/t15-,19-/m1/s1. The van der Waals surface area contributed by atoms with Gasteiger partial charge in [-0.05, 0) is 80.1 Å². The number of benzene rings is 1. The second-order valence-corrected chi connectivity index (χ2v) is 10.6. The van der Waals surface area contributed by atoms with Crippen molar-refractivity contribution in [2.45, 2.75) is 43.2 Å². The molecule has 7 nitrogen and oxygen atoms in total. The van der Waals surface area contributed by atoms with Gasteiger partial charge in [0.2, 0.25) is 10.0 Å². The van der Waals surface area contributed by atoms with E-state index in [1.807, 2.05) is 32.0 Å². The van der Waals surface area contributed by atoms with Crippen LogP contribution in [0.5, 0.6) is 0 Å². The summed E-state index contributed by atoms with van der Waals surface area (Å²) in [5.74, 6) is 0.402. The average Bonchev–Trinajstić information content (AvgIpc) is 3.22. The number of amides is 1. The molecule has 9 heteroatoms. The van der Waals surface area contributed by atoms with Gasteiger partial charge in [-0.15, -0.1) is 0 Å². The molecule has 1 aliphatic rings. The first-order valence-electron chi connectivity index (χ1n) is 10.0. The molecule has 1 aromatic heterocycles. The van der Waals surface area contributed by atoms with Gasteiger partial charge >= 0.3 is 0 Å². The zero-order chi connectivity index (χ0) is 21.9. The number of nitrogens with one attached hydrogen (secondary N) is 1. The zero-order valence-electron chi connectivity index (χ0n) is 17.5. The van der Waals surface area contributed by atoms with E-state index in [9.17, 15) is 13.2 Å². The molecule has 1 fully saturated rings. The van der Waals surface area contributed by atoms with Gasteiger partial charge in [0, 0.05) is 23.6 Å². The Morgan fingerprint density at radius 3 is 2.73 bits per heavy atom. The minimum atomic E-state index is -3.65. The number of carbonyl (C=O) groups excluding carboxylic acids is 1. The van der Waals surface area contributed by atoms with E-state index in [-0.39, 0.29) is 28.4 Å². The summed E-state index contributed by atoms with van der Waals surface area (Å²) in [6, 6.07) is 8.10. The van der Waals surface area contributed by atoms with Gasteiger partial charge in [0.1, 0.15) is 5.76 Å². The fourth-order valence-corrected chi connectivity index (χ4v) is 5.86. The van der Waals surface area contributed by atoms with E-state index < -0.39 is 10.0 Å². The average molecular weight is 498 g/mol. The molecule has 1 saturated heterocycles. The van der Waals surface area contributed by atoms with Crippen LogP contribution < -0.4 is 5.32 Å². The largest absolute Gasteiger partial charge is 0.468 e. The molecule has 30 heavy (non-hydrogen) atoms. The van der Waals surface area contributed by atoms with Crippen molar-refractivity contribution in [1.82, 2.24) is 14.5 Å². The lowest BCUT2D eigenvalue weighted by Gasteiger charge is -2.32. The van der Waals surface area contributed by atoms with Crippen LogP contribution in [-0.4, -0.2) is 56.8 Å². The minimum absolute atomic E-state index is 0.0428. The summed E-state index contributed by atoms with van der Waals surface area (Å²) >= 11 is 3.38. The van der Waals surface area contributed by atoms with Gasteiger partial charge in [-0.1, -0.05) is 6.42 Å². The van der Waals surface area contributed by atoms with E-state index in [1.54, 1.807) is 28.8 Å². The lowest BCUT2D eigenvalue weighted by molar-refractivity contribution is 0.0938. The Kier molecular flexibility index (Phi) is 7.38. The second kappa shape index (κ2) is 9.64. The van der Waals surface area contributed by atoms with Crippen molar-refractivity contribution in [3.63, 3.8) is 0 Å². The van der Waals surface area contributed by atoms with Crippen molar-refractivity contribution in [3.05, 3.63) is 52.4 Å². The first-order valence-corrected chi connectivity index (χ1v) is 12.2. The van der Waals surface area contributed by atoms with Gasteiger partial charge in [-0.25, -0.2) is 8.42 Å². The van der Waals surface area contributed by atoms with Crippen molar-refractivity contribution in [2.75, 3.05) is 27.2 Å². The smallest absolute Gasteiger partial charge is 0.252 e. The highest BCUT2D eigenvalue weighted by Gasteiger charge is 2.31. The molecule has 0 saturated carbocycles. The molecule has 2 aromatic rings. The number of rotatable bonds is 7. The van der Waals surface area contributed by atoms with E-state index >= 15 is 0 Å². The van der Waals surface area contributed by atoms with Crippen LogP contribution in [0.4, 0.5) is 0 Å². The molecule has 0 spiro atoms. The normalized spacial score (nSPS) is 19.0. The van der Waals surface area contributed by atoms with Crippen molar-refractivity contribution in [1.29, 1.82) is 0 Å². The van der Waals surface area contributed by atoms with Crippen LogP contribution in [0.3, 0.4) is 0 Å². The molecule has 1 N–H and O–H groups in total. The van der Waals surface area contributed by atoms with Crippen molar-refractivity contribution < 1.29 is 17.6 Å². The number of piperidine rings is 1. The van der Waals surface area contributed by atoms with Crippen LogP contribution >= 0.6 is 15.9 Å². The topological polar surface area (TPSA) is 82.9 Å². The number of nitrogens with zero attached hydrogens (tertiary/aromatic N) is 2. The molecular formula is C21H28BrN3O4S. The lowest BCUT2D eigenvalue weighted by Crippen LogP contribution is -2.42. The second-order valence-electron chi connectivity index (χ2n) is 7.81. The van der Waals surface area contributed by atoms with Gasteiger partial charge in [-0.3, -0.25) is 9.69 Å².